The van der Waals surface area contributed by atoms with E-state index >= 15 is 0 Å². The lowest BCUT2D eigenvalue weighted by atomic mass is 10.1. The summed E-state index contributed by atoms with van der Waals surface area (Å²) in [6.07, 6.45) is -0.769. The van der Waals surface area contributed by atoms with Gasteiger partial charge in [0, 0.05) is 10.6 Å². The minimum absolute atomic E-state index is 0.00882. The Kier molecular flexibility index (Phi) is 4.72. The molecule has 7 heteroatoms. The number of phenols is 1. The number of halogens is 1. The highest BCUT2D eigenvalue weighted by Gasteiger charge is 2.21. The Hall–Kier alpha value is -2.86. The first-order valence-corrected chi connectivity index (χ1v) is 7.92. The zero-order valence-corrected chi connectivity index (χ0v) is 14.3. The summed E-state index contributed by atoms with van der Waals surface area (Å²) >= 11 is 5.75. The maximum absolute atomic E-state index is 12.2. The fraction of sp³-hybridized carbons (Fsp3) is 0.167. The molecule has 128 valence electrons. The summed E-state index contributed by atoms with van der Waals surface area (Å²) in [5.74, 6) is -0.461. The minimum Gasteiger partial charge on any atom is -0.507 e. The lowest BCUT2D eigenvalue weighted by Crippen LogP contribution is -2.09. The van der Waals surface area contributed by atoms with Crippen molar-refractivity contribution in [1.29, 1.82) is 0 Å². The van der Waals surface area contributed by atoms with Crippen LogP contribution in [-0.2, 0) is 4.74 Å². The Labute approximate surface area is 149 Å². The quantitative estimate of drug-likeness (QED) is 0.699. The number of ether oxygens (including phenoxy) is 1. The molecule has 1 aromatic heterocycles. The SMILES string of the molecule is Cc1ccc(-c2nnc(C(C)OC(=O)c3ccc(Cl)cc3O)o2)cc1. The number of carbonyl (C=O) groups is 1. The molecule has 3 aromatic rings. The molecule has 6 nitrogen and oxygen atoms in total. The van der Waals surface area contributed by atoms with E-state index in [0.29, 0.717) is 10.9 Å². The summed E-state index contributed by atoms with van der Waals surface area (Å²) in [7, 11) is 0. The van der Waals surface area contributed by atoms with Crippen molar-refractivity contribution in [1.82, 2.24) is 10.2 Å². The van der Waals surface area contributed by atoms with Crippen molar-refractivity contribution >= 4 is 17.6 Å². The van der Waals surface area contributed by atoms with E-state index in [1.54, 1.807) is 6.92 Å². The van der Waals surface area contributed by atoms with Crippen LogP contribution >= 0.6 is 11.6 Å². The predicted molar refractivity (Wildman–Crippen MR) is 91.4 cm³/mol. The minimum atomic E-state index is -0.769. The molecule has 1 unspecified atom stereocenters. The van der Waals surface area contributed by atoms with Gasteiger partial charge in [-0.2, -0.15) is 0 Å². The number of benzene rings is 2. The second-order valence-corrected chi connectivity index (χ2v) is 5.96. The van der Waals surface area contributed by atoms with Gasteiger partial charge in [-0.3, -0.25) is 0 Å². The van der Waals surface area contributed by atoms with Crippen molar-refractivity contribution in [3.05, 3.63) is 64.5 Å². The van der Waals surface area contributed by atoms with Gasteiger partial charge in [-0.1, -0.05) is 29.3 Å². The average Bonchev–Trinajstić information content (AvgIpc) is 3.05. The summed E-state index contributed by atoms with van der Waals surface area (Å²) in [6.45, 7) is 3.59. The molecule has 0 aliphatic carbocycles. The first-order valence-electron chi connectivity index (χ1n) is 7.54. The van der Waals surface area contributed by atoms with Crippen LogP contribution in [0.25, 0.3) is 11.5 Å². The van der Waals surface area contributed by atoms with Crippen molar-refractivity contribution in [3.8, 4) is 17.2 Å². The van der Waals surface area contributed by atoms with Gasteiger partial charge < -0.3 is 14.3 Å². The van der Waals surface area contributed by atoms with Crippen LogP contribution in [0.2, 0.25) is 5.02 Å². The topological polar surface area (TPSA) is 85.5 Å². The monoisotopic (exact) mass is 358 g/mol. The number of aryl methyl sites for hydroxylation is 1. The Bertz CT molecular complexity index is 906. The van der Waals surface area contributed by atoms with Crippen LogP contribution in [0.5, 0.6) is 5.75 Å². The maximum Gasteiger partial charge on any atom is 0.342 e. The van der Waals surface area contributed by atoms with E-state index in [2.05, 4.69) is 10.2 Å². The fourth-order valence-electron chi connectivity index (χ4n) is 2.16. The van der Waals surface area contributed by atoms with Crippen molar-refractivity contribution < 1.29 is 19.1 Å². The first kappa shape index (κ1) is 17.0. The van der Waals surface area contributed by atoms with Crippen molar-refractivity contribution in [3.63, 3.8) is 0 Å². The van der Waals surface area contributed by atoms with Crippen molar-refractivity contribution in [2.75, 3.05) is 0 Å². The molecule has 1 N–H and O–H groups in total. The average molecular weight is 359 g/mol. The standard InChI is InChI=1S/C18H15ClN2O4/c1-10-3-5-12(6-4-10)17-21-20-16(25-17)11(2)24-18(23)14-8-7-13(19)9-15(14)22/h3-9,11,22H,1-2H3. The molecule has 2 aromatic carbocycles. The molecule has 1 heterocycles. The smallest absolute Gasteiger partial charge is 0.342 e. The summed E-state index contributed by atoms with van der Waals surface area (Å²) in [5, 5.41) is 18.0. The maximum atomic E-state index is 12.2. The molecule has 0 aliphatic rings. The molecule has 0 aliphatic heterocycles. The Balaban J connectivity index is 1.74. The van der Waals surface area contributed by atoms with Crippen molar-refractivity contribution in [2.24, 2.45) is 0 Å². The molecule has 25 heavy (non-hydrogen) atoms. The number of aromatic nitrogens is 2. The van der Waals surface area contributed by atoms with Gasteiger partial charge in [0.25, 0.3) is 5.89 Å². The predicted octanol–water partition coefficient (Wildman–Crippen LogP) is 4.32. The molecular weight excluding hydrogens is 344 g/mol. The summed E-state index contributed by atoms with van der Waals surface area (Å²) in [5.41, 5.74) is 1.90. The van der Waals surface area contributed by atoms with Gasteiger partial charge in [0.15, 0.2) is 6.10 Å². The van der Waals surface area contributed by atoms with Crippen LogP contribution in [0.4, 0.5) is 0 Å². The van der Waals surface area contributed by atoms with Gasteiger partial charge in [0.05, 0.1) is 0 Å². The van der Waals surface area contributed by atoms with Crippen LogP contribution in [0.3, 0.4) is 0 Å². The third kappa shape index (κ3) is 3.80. The summed E-state index contributed by atoms with van der Waals surface area (Å²) in [6, 6.07) is 11.8. The third-order valence-corrected chi connectivity index (χ3v) is 3.79. The Morgan fingerprint density at radius 2 is 1.92 bits per heavy atom. The van der Waals surface area contributed by atoms with Gasteiger partial charge in [-0.25, -0.2) is 4.79 Å². The molecule has 1 atom stereocenters. The molecular formula is C18H15ClN2O4. The van der Waals surface area contributed by atoms with Crippen LogP contribution in [-0.4, -0.2) is 21.3 Å². The number of hydrogen-bond donors (Lipinski definition) is 1. The van der Waals surface area contributed by atoms with E-state index in [9.17, 15) is 9.90 Å². The Morgan fingerprint density at radius 3 is 2.60 bits per heavy atom. The van der Waals surface area contributed by atoms with E-state index in [-0.39, 0.29) is 17.2 Å². The van der Waals surface area contributed by atoms with Crippen LogP contribution in [0, 0.1) is 6.92 Å². The lowest BCUT2D eigenvalue weighted by Gasteiger charge is -2.10. The molecule has 0 fully saturated rings. The second-order valence-electron chi connectivity index (χ2n) is 5.52. The lowest BCUT2D eigenvalue weighted by molar-refractivity contribution is 0.0277. The number of phenolic OH excluding ortho intramolecular Hbond substituents is 1. The van der Waals surface area contributed by atoms with E-state index in [4.69, 9.17) is 20.8 Å². The van der Waals surface area contributed by atoms with E-state index < -0.39 is 12.1 Å². The molecule has 3 rings (SSSR count). The van der Waals surface area contributed by atoms with Crippen LogP contribution in [0.15, 0.2) is 46.9 Å². The van der Waals surface area contributed by atoms with Gasteiger partial charge in [0.2, 0.25) is 5.89 Å². The van der Waals surface area contributed by atoms with Crippen LogP contribution < -0.4 is 0 Å². The largest absolute Gasteiger partial charge is 0.507 e. The van der Waals surface area contributed by atoms with Gasteiger partial charge in [0.1, 0.15) is 11.3 Å². The number of carbonyl (C=O) groups excluding carboxylic acids is 1. The third-order valence-electron chi connectivity index (χ3n) is 3.55. The Morgan fingerprint density at radius 1 is 1.20 bits per heavy atom. The molecule has 0 saturated carbocycles. The van der Waals surface area contributed by atoms with E-state index in [0.717, 1.165) is 11.1 Å². The van der Waals surface area contributed by atoms with Crippen molar-refractivity contribution in [2.45, 2.75) is 20.0 Å². The van der Waals surface area contributed by atoms with Gasteiger partial charge in [-0.15, -0.1) is 10.2 Å². The molecule has 0 radical (unpaired) electrons. The molecule has 0 amide bonds. The van der Waals surface area contributed by atoms with Gasteiger partial charge in [-0.05, 0) is 44.2 Å². The number of esters is 1. The zero-order valence-electron chi connectivity index (χ0n) is 13.6. The summed E-state index contributed by atoms with van der Waals surface area (Å²) in [4.78, 5) is 12.2. The second kappa shape index (κ2) is 6.94. The zero-order chi connectivity index (χ0) is 18.0. The number of aromatic hydroxyl groups is 1. The summed E-state index contributed by atoms with van der Waals surface area (Å²) < 4.78 is 10.8. The van der Waals surface area contributed by atoms with E-state index in [1.807, 2.05) is 31.2 Å². The fourth-order valence-corrected chi connectivity index (χ4v) is 2.33. The first-order chi connectivity index (χ1) is 11.9. The molecule has 0 spiro atoms. The highest BCUT2D eigenvalue weighted by Crippen LogP contribution is 2.26. The number of hydrogen-bond acceptors (Lipinski definition) is 6. The number of rotatable bonds is 4. The highest BCUT2D eigenvalue weighted by molar-refractivity contribution is 6.30. The number of nitrogens with zero attached hydrogens (tertiary/aromatic N) is 2. The normalized spacial score (nSPS) is 12.0. The molecule has 0 saturated heterocycles. The molecule has 0 bridgehead atoms. The van der Waals surface area contributed by atoms with Gasteiger partial charge >= 0.3 is 5.97 Å². The van der Waals surface area contributed by atoms with Crippen LogP contribution in [0.1, 0.15) is 34.8 Å². The van der Waals surface area contributed by atoms with E-state index in [1.165, 1.54) is 18.2 Å². The highest BCUT2D eigenvalue weighted by atomic mass is 35.5.